The maximum absolute atomic E-state index is 12.3. The molecule has 0 N–H and O–H groups in total. The van der Waals surface area contributed by atoms with E-state index in [1.54, 1.807) is 18.1 Å². The van der Waals surface area contributed by atoms with Gasteiger partial charge in [0.15, 0.2) is 0 Å². The van der Waals surface area contributed by atoms with Crippen LogP contribution in [-0.4, -0.2) is 53.8 Å². The van der Waals surface area contributed by atoms with Gasteiger partial charge in [-0.3, -0.25) is 9.69 Å². The molecule has 0 atom stereocenters. The summed E-state index contributed by atoms with van der Waals surface area (Å²) < 4.78 is 26.3. The Bertz CT molecular complexity index is 500. The molecule has 1 aromatic rings. The summed E-state index contributed by atoms with van der Waals surface area (Å²) >= 11 is 3.27. The highest BCUT2D eigenvalue weighted by Crippen LogP contribution is 2.22. The molecule has 0 aromatic carbocycles. The Morgan fingerprint density at radius 3 is 2.58 bits per heavy atom. The van der Waals surface area contributed by atoms with Gasteiger partial charge < -0.3 is 4.90 Å². The molecule has 2 heterocycles. The maximum atomic E-state index is 12.3. The predicted molar refractivity (Wildman–Crippen MR) is 71.8 cm³/mol. The Morgan fingerprint density at radius 2 is 2.00 bits per heavy atom. The van der Waals surface area contributed by atoms with E-state index < -0.39 is 6.43 Å². The molecule has 106 valence electrons. The van der Waals surface area contributed by atoms with Crippen LogP contribution in [0.5, 0.6) is 0 Å². The fourth-order valence-corrected chi connectivity index (χ4v) is 2.70. The lowest BCUT2D eigenvalue weighted by molar-refractivity contribution is 0.0854. The molecule has 0 bridgehead atoms. The lowest BCUT2D eigenvalue weighted by atomic mass is 10.3. The standard InChI is InChI=1S/C11H15BrF2N4O/c1-16-11(19)10(12)8(6-15-16)18-4-2-17(3-5-18)7-9(13)14/h6,9H,2-5,7H2,1H3. The molecule has 1 aliphatic rings. The monoisotopic (exact) mass is 336 g/mol. The Morgan fingerprint density at radius 1 is 1.37 bits per heavy atom. The SMILES string of the molecule is Cn1ncc(N2CCN(CC(F)F)CC2)c(Br)c1=O. The van der Waals surface area contributed by atoms with Crippen LogP contribution >= 0.6 is 15.9 Å². The molecule has 1 aliphatic heterocycles. The number of hydrogen-bond donors (Lipinski definition) is 0. The van der Waals surface area contributed by atoms with E-state index in [0.29, 0.717) is 30.7 Å². The van der Waals surface area contributed by atoms with Gasteiger partial charge >= 0.3 is 0 Å². The second kappa shape index (κ2) is 5.96. The Balaban J connectivity index is 2.06. The molecule has 1 aromatic heterocycles. The molecule has 0 aliphatic carbocycles. The molecule has 2 rings (SSSR count). The predicted octanol–water partition coefficient (Wildman–Crippen LogP) is 0.930. The first-order chi connectivity index (χ1) is 8.99. The summed E-state index contributed by atoms with van der Waals surface area (Å²) in [5.41, 5.74) is 0.521. The highest BCUT2D eigenvalue weighted by atomic mass is 79.9. The molecule has 1 saturated heterocycles. The third kappa shape index (κ3) is 3.30. The van der Waals surface area contributed by atoms with Crippen molar-refractivity contribution < 1.29 is 8.78 Å². The number of rotatable bonds is 3. The minimum Gasteiger partial charge on any atom is -0.367 e. The number of alkyl halides is 2. The van der Waals surface area contributed by atoms with Crippen molar-refractivity contribution in [3.05, 3.63) is 21.0 Å². The largest absolute Gasteiger partial charge is 0.367 e. The van der Waals surface area contributed by atoms with E-state index in [-0.39, 0.29) is 12.1 Å². The topological polar surface area (TPSA) is 41.4 Å². The van der Waals surface area contributed by atoms with Crippen molar-refractivity contribution in [2.24, 2.45) is 7.05 Å². The van der Waals surface area contributed by atoms with Crippen LogP contribution in [0.3, 0.4) is 0 Å². The summed E-state index contributed by atoms with van der Waals surface area (Å²) in [4.78, 5) is 15.5. The van der Waals surface area contributed by atoms with Crippen molar-refractivity contribution in [2.45, 2.75) is 6.43 Å². The summed E-state index contributed by atoms with van der Waals surface area (Å²) in [5, 5.41) is 3.98. The van der Waals surface area contributed by atoms with Crippen molar-refractivity contribution in [1.29, 1.82) is 0 Å². The average molecular weight is 337 g/mol. The molecule has 0 radical (unpaired) electrons. The van der Waals surface area contributed by atoms with Crippen LogP contribution in [0, 0.1) is 0 Å². The van der Waals surface area contributed by atoms with Gasteiger partial charge in [-0.1, -0.05) is 0 Å². The smallest absolute Gasteiger partial charge is 0.282 e. The summed E-state index contributed by atoms with van der Waals surface area (Å²) in [7, 11) is 1.58. The Labute approximate surface area is 117 Å². The zero-order valence-electron chi connectivity index (χ0n) is 10.5. The van der Waals surface area contributed by atoms with Crippen LogP contribution < -0.4 is 10.5 Å². The van der Waals surface area contributed by atoms with E-state index in [0.717, 1.165) is 5.69 Å². The molecule has 0 amide bonds. The van der Waals surface area contributed by atoms with E-state index in [1.165, 1.54) is 4.68 Å². The Kier molecular flexibility index (Phi) is 4.51. The third-order valence-electron chi connectivity index (χ3n) is 3.17. The van der Waals surface area contributed by atoms with Gasteiger partial charge in [-0.15, -0.1) is 0 Å². The number of nitrogens with zero attached hydrogens (tertiary/aromatic N) is 4. The van der Waals surface area contributed by atoms with Crippen molar-refractivity contribution in [2.75, 3.05) is 37.6 Å². The van der Waals surface area contributed by atoms with Crippen LogP contribution in [-0.2, 0) is 7.05 Å². The molecule has 0 spiro atoms. The van der Waals surface area contributed by atoms with Crippen molar-refractivity contribution >= 4 is 21.6 Å². The highest BCUT2D eigenvalue weighted by molar-refractivity contribution is 9.10. The maximum Gasteiger partial charge on any atom is 0.282 e. The first kappa shape index (κ1) is 14.4. The molecule has 1 fully saturated rings. The van der Waals surface area contributed by atoms with Crippen LogP contribution in [0.4, 0.5) is 14.5 Å². The molecule has 0 unspecified atom stereocenters. The average Bonchev–Trinajstić information content (AvgIpc) is 2.37. The fraction of sp³-hybridized carbons (Fsp3) is 0.636. The van der Waals surface area contributed by atoms with Crippen LogP contribution in [0.15, 0.2) is 15.5 Å². The summed E-state index contributed by atoms with van der Waals surface area (Å²) in [6.07, 6.45) is -0.683. The van der Waals surface area contributed by atoms with Gasteiger partial charge in [0.1, 0.15) is 4.47 Å². The number of anilines is 1. The van der Waals surface area contributed by atoms with E-state index in [4.69, 9.17) is 0 Å². The van der Waals surface area contributed by atoms with Gasteiger partial charge in [-0.2, -0.15) is 5.10 Å². The van der Waals surface area contributed by atoms with Gasteiger partial charge in [0.05, 0.1) is 18.4 Å². The third-order valence-corrected chi connectivity index (χ3v) is 3.91. The van der Waals surface area contributed by atoms with Gasteiger partial charge in [0.25, 0.3) is 12.0 Å². The van der Waals surface area contributed by atoms with E-state index >= 15 is 0 Å². The van der Waals surface area contributed by atoms with E-state index in [1.807, 2.05) is 4.90 Å². The number of aryl methyl sites for hydroxylation is 1. The first-order valence-electron chi connectivity index (χ1n) is 5.96. The van der Waals surface area contributed by atoms with Crippen molar-refractivity contribution in [3.8, 4) is 0 Å². The molecule has 0 saturated carbocycles. The fourth-order valence-electron chi connectivity index (χ4n) is 2.09. The minimum absolute atomic E-state index is 0.191. The normalized spacial score (nSPS) is 17.2. The second-order valence-electron chi connectivity index (χ2n) is 4.45. The van der Waals surface area contributed by atoms with E-state index in [2.05, 4.69) is 21.0 Å². The van der Waals surface area contributed by atoms with Crippen LogP contribution in [0.25, 0.3) is 0 Å². The number of piperazine rings is 1. The van der Waals surface area contributed by atoms with E-state index in [9.17, 15) is 13.6 Å². The molecular formula is C11H15BrF2N4O. The first-order valence-corrected chi connectivity index (χ1v) is 6.75. The number of aromatic nitrogens is 2. The molecule has 8 heteroatoms. The van der Waals surface area contributed by atoms with Crippen LogP contribution in [0.2, 0.25) is 0 Å². The lowest BCUT2D eigenvalue weighted by Gasteiger charge is -2.35. The van der Waals surface area contributed by atoms with Crippen molar-refractivity contribution in [3.63, 3.8) is 0 Å². The van der Waals surface area contributed by atoms with Crippen molar-refractivity contribution in [1.82, 2.24) is 14.7 Å². The second-order valence-corrected chi connectivity index (χ2v) is 5.24. The quantitative estimate of drug-likeness (QED) is 0.823. The Hall–Kier alpha value is -1.02. The summed E-state index contributed by atoms with van der Waals surface area (Å²) in [6.45, 7) is 2.15. The van der Waals surface area contributed by atoms with Gasteiger partial charge in [-0.05, 0) is 15.9 Å². The zero-order chi connectivity index (χ0) is 14.0. The summed E-state index contributed by atoms with van der Waals surface area (Å²) in [6, 6.07) is 0. The minimum atomic E-state index is -2.30. The molecular weight excluding hydrogens is 322 g/mol. The lowest BCUT2D eigenvalue weighted by Crippen LogP contribution is -2.48. The zero-order valence-corrected chi connectivity index (χ0v) is 12.1. The molecule has 5 nitrogen and oxygen atoms in total. The van der Waals surface area contributed by atoms with Gasteiger partial charge in [0, 0.05) is 33.2 Å². The van der Waals surface area contributed by atoms with Gasteiger partial charge in [0.2, 0.25) is 0 Å². The number of halogens is 3. The number of hydrogen-bond acceptors (Lipinski definition) is 4. The summed E-state index contributed by atoms with van der Waals surface area (Å²) in [5.74, 6) is 0. The molecule has 19 heavy (non-hydrogen) atoms. The van der Waals surface area contributed by atoms with Gasteiger partial charge in [-0.25, -0.2) is 13.5 Å². The van der Waals surface area contributed by atoms with Crippen LogP contribution in [0.1, 0.15) is 0 Å². The highest BCUT2D eigenvalue weighted by Gasteiger charge is 2.22.